The lowest BCUT2D eigenvalue weighted by Gasteiger charge is -2.17. The van der Waals surface area contributed by atoms with Crippen LogP contribution in [0.4, 0.5) is 0 Å². The van der Waals surface area contributed by atoms with Gasteiger partial charge in [0, 0.05) is 6.42 Å². The molecule has 0 aromatic heterocycles. The minimum atomic E-state index is -0.947. The van der Waals surface area contributed by atoms with Gasteiger partial charge in [-0.3, -0.25) is 4.79 Å². The third-order valence-corrected chi connectivity index (χ3v) is 4.08. The molecule has 22 heavy (non-hydrogen) atoms. The number of aliphatic carboxylic acids is 1. The second-order valence-electron chi connectivity index (χ2n) is 6.02. The highest BCUT2D eigenvalue weighted by Crippen LogP contribution is 2.33. The molecule has 2 atom stereocenters. The fourth-order valence-corrected chi connectivity index (χ4v) is 2.49. The molecule has 0 radical (unpaired) electrons. The van der Waals surface area contributed by atoms with Crippen LogP contribution in [0.25, 0.3) is 0 Å². The molecule has 1 aliphatic rings. The maximum Gasteiger partial charge on any atom is 0.326 e. The number of benzene rings is 1. The van der Waals surface area contributed by atoms with E-state index in [4.69, 9.17) is 4.74 Å². The van der Waals surface area contributed by atoms with E-state index in [0.717, 1.165) is 24.2 Å². The van der Waals surface area contributed by atoms with Crippen LogP contribution in [-0.2, 0) is 9.59 Å². The summed E-state index contributed by atoms with van der Waals surface area (Å²) < 4.78 is 5.11. The number of carbonyl (C=O) groups excluding carboxylic acids is 1. The molecule has 0 heterocycles. The van der Waals surface area contributed by atoms with Crippen molar-refractivity contribution in [3.8, 4) is 5.75 Å². The van der Waals surface area contributed by atoms with Crippen molar-refractivity contribution in [2.24, 2.45) is 5.92 Å². The average Bonchev–Trinajstić information content (AvgIpc) is 3.30. The Morgan fingerprint density at radius 1 is 1.32 bits per heavy atom. The van der Waals surface area contributed by atoms with Gasteiger partial charge in [-0.25, -0.2) is 4.79 Å². The summed E-state index contributed by atoms with van der Waals surface area (Å²) in [4.78, 5) is 23.3. The fraction of sp³-hybridized carbons (Fsp3) is 0.529. The summed E-state index contributed by atoms with van der Waals surface area (Å²) in [6.07, 6.45) is 2.96. The Morgan fingerprint density at radius 2 is 1.95 bits per heavy atom. The molecule has 5 heteroatoms. The van der Waals surface area contributed by atoms with Gasteiger partial charge in [0.2, 0.25) is 5.91 Å². The highest BCUT2D eigenvalue weighted by molar-refractivity contribution is 5.84. The van der Waals surface area contributed by atoms with Crippen LogP contribution in [0, 0.1) is 5.92 Å². The molecule has 2 unspecified atom stereocenters. The summed E-state index contributed by atoms with van der Waals surface area (Å²) in [5, 5.41) is 11.8. The van der Waals surface area contributed by atoms with Crippen LogP contribution in [-0.4, -0.2) is 30.1 Å². The van der Waals surface area contributed by atoms with E-state index in [1.807, 2.05) is 31.2 Å². The summed E-state index contributed by atoms with van der Waals surface area (Å²) in [6.45, 7) is 1.96. The Kier molecular flexibility index (Phi) is 5.41. The van der Waals surface area contributed by atoms with Crippen molar-refractivity contribution in [3.63, 3.8) is 0 Å². The average molecular weight is 305 g/mol. The molecular weight excluding hydrogens is 282 g/mol. The van der Waals surface area contributed by atoms with E-state index in [1.165, 1.54) is 0 Å². The quantitative estimate of drug-likeness (QED) is 0.774. The first-order chi connectivity index (χ1) is 10.5. The lowest BCUT2D eigenvalue weighted by atomic mass is 9.97. The Balaban J connectivity index is 1.87. The lowest BCUT2D eigenvalue weighted by Crippen LogP contribution is -2.41. The number of carbonyl (C=O) groups is 2. The van der Waals surface area contributed by atoms with Gasteiger partial charge in [0.25, 0.3) is 0 Å². The number of amides is 1. The van der Waals surface area contributed by atoms with Gasteiger partial charge in [-0.15, -0.1) is 0 Å². The molecule has 0 aliphatic heterocycles. The lowest BCUT2D eigenvalue weighted by molar-refractivity contribution is -0.142. The molecule has 0 saturated heterocycles. The van der Waals surface area contributed by atoms with Crippen molar-refractivity contribution >= 4 is 11.9 Å². The van der Waals surface area contributed by atoms with Gasteiger partial charge < -0.3 is 15.2 Å². The van der Waals surface area contributed by atoms with Gasteiger partial charge in [-0.2, -0.15) is 0 Å². The SMILES string of the molecule is COc1ccc(C(C)CC(=O)NC(CC2CC2)C(=O)O)cc1. The molecular formula is C17H23NO4. The maximum atomic E-state index is 12.1. The first-order valence-electron chi connectivity index (χ1n) is 7.65. The van der Waals surface area contributed by atoms with E-state index in [1.54, 1.807) is 7.11 Å². The Morgan fingerprint density at radius 3 is 2.45 bits per heavy atom. The maximum absolute atomic E-state index is 12.1. The Labute approximate surface area is 130 Å². The van der Waals surface area contributed by atoms with E-state index >= 15 is 0 Å². The molecule has 1 fully saturated rings. The Hall–Kier alpha value is -2.04. The zero-order valence-electron chi connectivity index (χ0n) is 13.0. The molecule has 2 rings (SSSR count). The summed E-state index contributed by atoms with van der Waals surface area (Å²) in [7, 11) is 1.61. The summed E-state index contributed by atoms with van der Waals surface area (Å²) in [5.41, 5.74) is 1.03. The molecule has 0 bridgehead atoms. The zero-order valence-corrected chi connectivity index (χ0v) is 13.0. The number of methoxy groups -OCH3 is 1. The summed E-state index contributed by atoms with van der Waals surface area (Å²) >= 11 is 0. The molecule has 1 aliphatic carbocycles. The largest absolute Gasteiger partial charge is 0.497 e. The molecule has 1 amide bonds. The minimum absolute atomic E-state index is 0.0290. The molecule has 1 saturated carbocycles. The highest BCUT2D eigenvalue weighted by Gasteiger charge is 2.30. The van der Waals surface area contributed by atoms with Crippen LogP contribution in [0.15, 0.2) is 24.3 Å². The van der Waals surface area contributed by atoms with E-state index in [9.17, 15) is 14.7 Å². The number of nitrogens with one attached hydrogen (secondary N) is 1. The van der Waals surface area contributed by atoms with Crippen molar-refractivity contribution in [3.05, 3.63) is 29.8 Å². The number of carboxylic acids is 1. The van der Waals surface area contributed by atoms with Crippen molar-refractivity contribution in [2.75, 3.05) is 7.11 Å². The molecule has 1 aromatic rings. The van der Waals surface area contributed by atoms with E-state index in [0.29, 0.717) is 12.3 Å². The smallest absolute Gasteiger partial charge is 0.326 e. The summed E-state index contributed by atoms with van der Waals surface area (Å²) in [5.74, 6) is 0.103. The second kappa shape index (κ2) is 7.29. The minimum Gasteiger partial charge on any atom is -0.497 e. The van der Waals surface area contributed by atoms with Crippen molar-refractivity contribution in [2.45, 2.75) is 44.6 Å². The van der Waals surface area contributed by atoms with Gasteiger partial charge in [0.05, 0.1) is 7.11 Å². The van der Waals surface area contributed by atoms with Gasteiger partial charge in [-0.05, 0) is 36.0 Å². The first kappa shape index (κ1) is 16.3. The van der Waals surface area contributed by atoms with Crippen LogP contribution >= 0.6 is 0 Å². The van der Waals surface area contributed by atoms with Crippen LogP contribution in [0.1, 0.15) is 44.1 Å². The summed E-state index contributed by atoms with van der Waals surface area (Å²) in [6, 6.07) is 6.81. The van der Waals surface area contributed by atoms with Gasteiger partial charge in [0.1, 0.15) is 11.8 Å². The van der Waals surface area contributed by atoms with E-state index in [2.05, 4.69) is 5.32 Å². The third kappa shape index (κ3) is 4.76. The fourth-order valence-electron chi connectivity index (χ4n) is 2.49. The number of hydrogen-bond donors (Lipinski definition) is 2. The molecule has 5 nitrogen and oxygen atoms in total. The highest BCUT2D eigenvalue weighted by atomic mass is 16.5. The predicted molar refractivity (Wildman–Crippen MR) is 82.9 cm³/mol. The standard InChI is InChI=1S/C17H23NO4/c1-11(13-5-7-14(22-2)8-6-13)9-16(19)18-15(17(20)21)10-12-3-4-12/h5-8,11-12,15H,3-4,9-10H2,1-2H3,(H,18,19)(H,20,21). The topological polar surface area (TPSA) is 75.6 Å². The molecule has 0 spiro atoms. The monoisotopic (exact) mass is 305 g/mol. The first-order valence-corrected chi connectivity index (χ1v) is 7.65. The van der Waals surface area contributed by atoms with Crippen molar-refractivity contribution < 1.29 is 19.4 Å². The number of rotatable bonds is 8. The molecule has 120 valence electrons. The predicted octanol–water partition coefficient (Wildman–Crippen LogP) is 2.56. The number of carboxylic acid groups (broad SMARTS) is 1. The van der Waals surface area contributed by atoms with Crippen LogP contribution in [0.5, 0.6) is 5.75 Å². The van der Waals surface area contributed by atoms with E-state index < -0.39 is 12.0 Å². The third-order valence-electron chi connectivity index (χ3n) is 4.08. The van der Waals surface area contributed by atoms with E-state index in [-0.39, 0.29) is 18.2 Å². The van der Waals surface area contributed by atoms with Gasteiger partial charge >= 0.3 is 5.97 Å². The van der Waals surface area contributed by atoms with Gasteiger partial charge in [-0.1, -0.05) is 31.9 Å². The number of ether oxygens (including phenoxy) is 1. The zero-order chi connectivity index (χ0) is 16.1. The van der Waals surface area contributed by atoms with Gasteiger partial charge in [0.15, 0.2) is 0 Å². The van der Waals surface area contributed by atoms with Crippen LogP contribution in [0.3, 0.4) is 0 Å². The molecule has 2 N–H and O–H groups in total. The van der Waals surface area contributed by atoms with Crippen LogP contribution < -0.4 is 10.1 Å². The number of hydrogen-bond acceptors (Lipinski definition) is 3. The molecule has 1 aromatic carbocycles. The van der Waals surface area contributed by atoms with Crippen molar-refractivity contribution in [1.29, 1.82) is 0 Å². The normalized spacial score (nSPS) is 16.6. The van der Waals surface area contributed by atoms with Crippen LogP contribution in [0.2, 0.25) is 0 Å². The second-order valence-corrected chi connectivity index (χ2v) is 6.02. The van der Waals surface area contributed by atoms with Crippen molar-refractivity contribution in [1.82, 2.24) is 5.32 Å². The Bertz CT molecular complexity index is 522.